The topological polar surface area (TPSA) is 29.5 Å². The van der Waals surface area contributed by atoms with E-state index >= 15 is 0 Å². The highest BCUT2D eigenvalue weighted by molar-refractivity contribution is 9.10. The number of amides is 1. The highest BCUT2D eigenvalue weighted by Crippen LogP contribution is 2.25. The largest absolute Gasteiger partial charge is 0.370 e. The van der Waals surface area contributed by atoms with Gasteiger partial charge in [-0.2, -0.15) is 0 Å². The van der Waals surface area contributed by atoms with Gasteiger partial charge in [0.05, 0.1) is 13.2 Å². The quantitative estimate of drug-likeness (QED) is 0.835. The van der Waals surface area contributed by atoms with Crippen LogP contribution in [-0.4, -0.2) is 30.5 Å². The van der Waals surface area contributed by atoms with Crippen molar-refractivity contribution in [2.75, 3.05) is 19.7 Å². The van der Waals surface area contributed by atoms with Gasteiger partial charge >= 0.3 is 0 Å². The molecule has 0 aliphatic carbocycles. The minimum atomic E-state index is -0.00448. The first kappa shape index (κ1) is 15.5. The van der Waals surface area contributed by atoms with Crippen LogP contribution in [0.1, 0.15) is 38.4 Å². The van der Waals surface area contributed by atoms with Crippen LogP contribution in [0.15, 0.2) is 28.7 Å². The van der Waals surface area contributed by atoms with Gasteiger partial charge in [0.1, 0.15) is 6.10 Å². The van der Waals surface area contributed by atoms with Gasteiger partial charge in [-0.3, -0.25) is 4.79 Å². The monoisotopic (exact) mass is 339 g/mol. The van der Waals surface area contributed by atoms with Gasteiger partial charge in [0.25, 0.3) is 0 Å². The molecule has 0 radical (unpaired) electrons. The van der Waals surface area contributed by atoms with Crippen molar-refractivity contribution in [2.45, 2.75) is 32.8 Å². The Balaban J connectivity index is 2.04. The van der Waals surface area contributed by atoms with E-state index in [2.05, 4.69) is 41.9 Å². The molecule has 0 aromatic heterocycles. The van der Waals surface area contributed by atoms with E-state index in [0.29, 0.717) is 19.7 Å². The molecule has 0 bridgehead atoms. The summed E-state index contributed by atoms with van der Waals surface area (Å²) in [6.07, 6.45) is 1.82. The van der Waals surface area contributed by atoms with Crippen LogP contribution in [0.4, 0.5) is 0 Å². The summed E-state index contributed by atoms with van der Waals surface area (Å²) in [5.74, 6) is 0.430. The lowest BCUT2D eigenvalue weighted by Crippen LogP contribution is -2.44. The van der Waals surface area contributed by atoms with E-state index in [1.807, 2.05) is 17.0 Å². The summed E-state index contributed by atoms with van der Waals surface area (Å²) in [4.78, 5) is 14.4. The molecule has 1 aliphatic rings. The first-order valence-electron chi connectivity index (χ1n) is 7.31. The molecule has 1 unspecified atom stereocenters. The number of nitrogens with zero attached hydrogens (tertiary/aromatic N) is 1. The molecule has 1 aromatic rings. The molecular weight excluding hydrogens is 318 g/mol. The van der Waals surface area contributed by atoms with Gasteiger partial charge in [-0.1, -0.05) is 41.9 Å². The van der Waals surface area contributed by atoms with Gasteiger partial charge in [0.2, 0.25) is 5.91 Å². The first-order chi connectivity index (χ1) is 9.65. The smallest absolute Gasteiger partial charge is 0.225 e. The molecule has 1 amide bonds. The predicted molar refractivity (Wildman–Crippen MR) is 83.5 cm³/mol. The normalized spacial score (nSPS) is 19.4. The molecule has 1 saturated heterocycles. The Morgan fingerprint density at radius 3 is 2.60 bits per heavy atom. The fourth-order valence-electron chi connectivity index (χ4n) is 2.62. The third kappa shape index (κ3) is 3.61. The third-order valence-electron chi connectivity index (χ3n) is 3.95. The second-order valence-corrected chi connectivity index (χ2v) is 6.12. The lowest BCUT2D eigenvalue weighted by atomic mass is 10.0. The van der Waals surface area contributed by atoms with Crippen molar-refractivity contribution in [1.82, 2.24) is 4.90 Å². The molecule has 0 saturated carbocycles. The van der Waals surface area contributed by atoms with E-state index in [9.17, 15) is 4.79 Å². The number of halogens is 1. The maximum atomic E-state index is 12.5. The van der Waals surface area contributed by atoms with Crippen molar-refractivity contribution in [3.05, 3.63) is 34.3 Å². The second-order valence-electron chi connectivity index (χ2n) is 5.21. The summed E-state index contributed by atoms with van der Waals surface area (Å²) in [6, 6.07) is 8.14. The highest BCUT2D eigenvalue weighted by Gasteiger charge is 2.28. The van der Waals surface area contributed by atoms with Crippen LogP contribution in [0.3, 0.4) is 0 Å². The van der Waals surface area contributed by atoms with Crippen LogP contribution in [0, 0.1) is 5.92 Å². The zero-order valence-electron chi connectivity index (χ0n) is 12.1. The zero-order chi connectivity index (χ0) is 14.5. The molecule has 4 heteroatoms. The van der Waals surface area contributed by atoms with E-state index in [4.69, 9.17) is 4.74 Å². The average Bonchev–Trinajstić information content (AvgIpc) is 2.49. The standard InChI is InChI=1S/C16H22BrNO2/c1-3-12(4-2)16(19)18-9-10-20-15(11-18)13-5-7-14(17)8-6-13/h5-8,12,15H,3-4,9-11H2,1-2H3. The SMILES string of the molecule is CCC(CC)C(=O)N1CCOC(c2ccc(Br)cc2)C1. The minimum absolute atomic E-state index is 0.00448. The number of carbonyl (C=O) groups is 1. The maximum absolute atomic E-state index is 12.5. The second kappa shape index (κ2) is 7.23. The van der Waals surface area contributed by atoms with E-state index in [0.717, 1.165) is 22.9 Å². The predicted octanol–water partition coefficient (Wildman–Crippen LogP) is 3.79. The van der Waals surface area contributed by atoms with Crippen LogP contribution < -0.4 is 0 Å². The van der Waals surface area contributed by atoms with Gasteiger partial charge in [-0.25, -0.2) is 0 Å². The number of hydrogen-bond donors (Lipinski definition) is 0. The van der Waals surface area contributed by atoms with Crippen LogP contribution in [0.25, 0.3) is 0 Å². The summed E-state index contributed by atoms with van der Waals surface area (Å²) < 4.78 is 6.88. The van der Waals surface area contributed by atoms with Crippen LogP contribution >= 0.6 is 15.9 Å². The molecule has 3 nitrogen and oxygen atoms in total. The van der Waals surface area contributed by atoms with Crippen LogP contribution in [0.5, 0.6) is 0 Å². The van der Waals surface area contributed by atoms with Crippen molar-refractivity contribution in [1.29, 1.82) is 0 Å². The lowest BCUT2D eigenvalue weighted by molar-refractivity contribution is -0.143. The molecular formula is C16H22BrNO2. The number of carbonyl (C=O) groups excluding carboxylic acids is 1. The summed E-state index contributed by atoms with van der Waals surface area (Å²) in [5.41, 5.74) is 1.13. The summed E-state index contributed by atoms with van der Waals surface area (Å²) >= 11 is 3.44. The zero-order valence-corrected chi connectivity index (χ0v) is 13.7. The average molecular weight is 340 g/mol. The molecule has 1 atom stereocenters. The molecule has 110 valence electrons. The number of morpholine rings is 1. The molecule has 1 fully saturated rings. The molecule has 20 heavy (non-hydrogen) atoms. The third-order valence-corrected chi connectivity index (χ3v) is 4.48. The number of benzene rings is 1. The summed E-state index contributed by atoms with van der Waals surface area (Å²) in [6.45, 7) is 6.16. The molecule has 1 aliphatic heterocycles. The Kier molecular flexibility index (Phi) is 5.61. The van der Waals surface area contributed by atoms with Crippen LogP contribution in [-0.2, 0) is 9.53 Å². The van der Waals surface area contributed by atoms with Crippen molar-refractivity contribution in [3.8, 4) is 0 Å². The molecule has 0 N–H and O–H groups in total. The molecule has 0 spiro atoms. The van der Waals surface area contributed by atoms with E-state index in [-0.39, 0.29) is 17.9 Å². The maximum Gasteiger partial charge on any atom is 0.225 e. The van der Waals surface area contributed by atoms with Crippen molar-refractivity contribution in [3.63, 3.8) is 0 Å². The van der Waals surface area contributed by atoms with Gasteiger partial charge < -0.3 is 9.64 Å². The van der Waals surface area contributed by atoms with Gasteiger partial charge in [-0.05, 0) is 30.5 Å². The number of hydrogen-bond acceptors (Lipinski definition) is 2. The number of rotatable bonds is 4. The van der Waals surface area contributed by atoms with E-state index in [1.54, 1.807) is 0 Å². The Morgan fingerprint density at radius 2 is 2.00 bits per heavy atom. The van der Waals surface area contributed by atoms with Gasteiger partial charge in [0.15, 0.2) is 0 Å². The molecule has 2 rings (SSSR count). The Hall–Kier alpha value is -0.870. The molecule has 1 aromatic carbocycles. The van der Waals surface area contributed by atoms with E-state index < -0.39 is 0 Å². The summed E-state index contributed by atoms with van der Waals surface area (Å²) in [7, 11) is 0. The fourth-order valence-corrected chi connectivity index (χ4v) is 2.89. The summed E-state index contributed by atoms with van der Waals surface area (Å²) in [5, 5.41) is 0. The van der Waals surface area contributed by atoms with E-state index in [1.165, 1.54) is 0 Å². The fraction of sp³-hybridized carbons (Fsp3) is 0.562. The minimum Gasteiger partial charge on any atom is -0.370 e. The Bertz CT molecular complexity index is 442. The Labute approximate surface area is 129 Å². The molecule has 1 heterocycles. The van der Waals surface area contributed by atoms with Crippen molar-refractivity contribution >= 4 is 21.8 Å². The van der Waals surface area contributed by atoms with Crippen LogP contribution in [0.2, 0.25) is 0 Å². The number of ether oxygens (including phenoxy) is 1. The van der Waals surface area contributed by atoms with Gasteiger partial charge in [0, 0.05) is 16.9 Å². The van der Waals surface area contributed by atoms with Crippen molar-refractivity contribution in [2.24, 2.45) is 5.92 Å². The van der Waals surface area contributed by atoms with Gasteiger partial charge in [-0.15, -0.1) is 0 Å². The lowest BCUT2D eigenvalue weighted by Gasteiger charge is -2.35. The highest BCUT2D eigenvalue weighted by atomic mass is 79.9. The first-order valence-corrected chi connectivity index (χ1v) is 8.10. The Morgan fingerprint density at radius 1 is 1.35 bits per heavy atom. The van der Waals surface area contributed by atoms with Crippen molar-refractivity contribution < 1.29 is 9.53 Å².